The van der Waals surface area contributed by atoms with Gasteiger partial charge in [-0.1, -0.05) is 43.0 Å². The van der Waals surface area contributed by atoms with Crippen molar-refractivity contribution in [2.75, 3.05) is 19.0 Å². The summed E-state index contributed by atoms with van der Waals surface area (Å²) >= 11 is 0. The van der Waals surface area contributed by atoms with Crippen molar-refractivity contribution in [3.63, 3.8) is 0 Å². The van der Waals surface area contributed by atoms with Crippen LogP contribution in [-0.4, -0.2) is 35.6 Å². The van der Waals surface area contributed by atoms with Gasteiger partial charge in [0.05, 0.1) is 24.8 Å². The zero-order valence-corrected chi connectivity index (χ0v) is 22.2. The summed E-state index contributed by atoms with van der Waals surface area (Å²) in [7, 11) is 1.59. The molecular formula is C31H30N4O5. The Kier molecular flexibility index (Phi) is 9.89. The number of hydrogen-bond acceptors (Lipinski definition) is 8. The number of hydroxylamine groups is 1. The zero-order chi connectivity index (χ0) is 28.2. The van der Waals surface area contributed by atoms with Crippen molar-refractivity contribution in [3.8, 4) is 23.8 Å². The van der Waals surface area contributed by atoms with E-state index in [0.29, 0.717) is 41.4 Å². The SMILES string of the molecule is C#Cc1cccc(Nc2ncnc3cc(OC)c(OCCCCCCC(=O)NOC(=O)c4ccccc4)cc23)c1. The van der Waals surface area contributed by atoms with E-state index in [1.54, 1.807) is 37.4 Å². The molecule has 0 radical (unpaired) electrons. The maximum atomic E-state index is 12.0. The first-order chi connectivity index (χ1) is 19.6. The predicted octanol–water partition coefficient (Wildman–Crippen LogP) is 5.58. The van der Waals surface area contributed by atoms with Crippen molar-refractivity contribution in [3.05, 3.63) is 84.2 Å². The van der Waals surface area contributed by atoms with E-state index in [-0.39, 0.29) is 12.3 Å². The van der Waals surface area contributed by atoms with Gasteiger partial charge in [-0.2, -0.15) is 5.48 Å². The molecule has 0 bridgehead atoms. The van der Waals surface area contributed by atoms with Gasteiger partial charge in [-0.25, -0.2) is 14.8 Å². The summed E-state index contributed by atoms with van der Waals surface area (Å²) in [6, 6.07) is 19.7. The molecule has 0 fully saturated rings. The fraction of sp³-hybridized carbons (Fsp3) is 0.226. The Morgan fingerprint density at radius 1 is 0.925 bits per heavy atom. The van der Waals surface area contributed by atoms with E-state index in [1.807, 2.05) is 36.4 Å². The van der Waals surface area contributed by atoms with E-state index in [4.69, 9.17) is 20.7 Å². The third-order valence-corrected chi connectivity index (χ3v) is 6.04. The number of benzene rings is 3. The molecule has 3 aromatic carbocycles. The second-order valence-electron chi connectivity index (χ2n) is 8.89. The number of unbranched alkanes of at least 4 members (excludes halogenated alkanes) is 3. The Morgan fingerprint density at radius 3 is 2.55 bits per heavy atom. The third-order valence-electron chi connectivity index (χ3n) is 6.04. The summed E-state index contributed by atoms with van der Waals surface area (Å²) < 4.78 is 11.6. The normalized spacial score (nSPS) is 10.4. The van der Waals surface area contributed by atoms with Crippen LogP contribution in [-0.2, 0) is 9.63 Å². The van der Waals surface area contributed by atoms with Crippen LogP contribution in [0, 0.1) is 12.3 Å². The number of anilines is 2. The molecule has 0 aliphatic carbocycles. The molecule has 4 aromatic rings. The number of carbonyl (C=O) groups is 2. The first-order valence-electron chi connectivity index (χ1n) is 12.9. The highest BCUT2D eigenvalue weighted by Gasteiger charge is 2.13. The molecule has 1 heterocycles. The molecule has 40 heavy (non-hydrogen) atoms. The van der Waals surface area contributed by atoms with E-state index in [0.717, 1.165) is 35.9 Å². The van der Waals surface area contributed by atoms with Crippen LogP contribution in [0.3, 0.4) is 0 Å². The molecule has 0 spiro atoms. The molecule has 0 atom stereocenters. The summed E-state index contributed by atoms with van der Waals surface area (Å²) in [4.78, 5) is 37.5. The lowest BCUT2D eigenvalue weighted by Crippen LogP contribution is -2.26. The second kappa shape index (κ2) is 14.2. The van der Waals surface area contributed by atoms with Crippen LogP contribution in [0.25, 0.3) is 10.9 Å². The first kappa shape index (κ1) is 27.9. The number of rotatable bonds is 12. The van der Waals surface area contributed by atoms with E-state index >= 15 is 0 Å². The number of methoxy groups -OCH3 is 1. The number of amides is 1. The van der Waals surface area contributed by atoms with Gasteiger partial charge in [-0.05, 0) is 49.2 Å². The monoisotopic (exact) mass is 538 g/mol. The minimum Gasteiger partial charge on any atom is -0.493 e. The Labute approximate surface area is 232 Å². The van der Waals surface area contributed by atoms with Crippen molar-refractivity contribution in [1.29, 1.82) is 0 Å². The molecule has 2 N–H and O–H groups in total. The highest BCUT2D eigenvalue weighted by Crippen LogP contribution is 2.35. The van der Waals surface area contributed by atoms with E-state index in [1.165, 1.54) is 6.33 Å². The summed E-state index contributed by atoms with van der Waals surface area (Å²) in [6.07, 6.45) is 10.4. The summed E-state index contributed by atoms with van der Waals surface area (Å²) in [5.41, 5.74) is 4.87. The van der Waals surface area contributed by atoms with Crippen LogP contribution < -0.4 is 20.3 Å². The number of aromatic nitrogens is 2. The van der Waals surface area contributed by atoms with Gasteiger partial charge in [0.15, 0.2) is 11.5 Å². The van der Waals surface area contributed by atoms with Crippen molar-refractivity contribution < 1.29 is 23.9 Å². The van der Waals surface area contributed by atoms with Gasteiger partial charge in [0, 0.05) is 29.1 Å². The predicted molar refractivity (Wildman–Crippen MR) is 152 cm³/mol. The number of terminal acetylenes is 1. The fourth-order valence-electron chi connectivity index (χ4n) is 3.97. The van der Waals surface area contributed by atoms with Gasteiger partial charge in [-0.15, -0.1) is 6.42 Å². The largest absolute Gasteiger partial charge is 0.493 e. The smallest absolute Gasteiger partial charge is 0.362 e. The Hall–Kier alpha value is -5.10. The fourth-order valence-corrected chi connectivity index (χ4v) is 3.97. The average Bonchev–Trinajstić information content (AvgIpc) is 2.99. The van der Waals surface area contributed by atoms with Gasteiger partial charge in [0.25, 0.3) is 5.91 Å². The number of ether oxygens (including phenoxy) is 2. The number of nitrogens with one attached hydrogen (secondary N) is 2. The van der Waals surface area contributed by atoms with Gasteiger partial charge in [0.2, 0.25) is 0 Å². The molecule has 0 aliphatic heterocycles. The molecule has 204 valence electrons. The standard InChI is InChI=1S/C31H30N4O5/c1-3-22-12-11-15-24(18-22)34-30-25-19-28(27(38-2)20-26(25)32-21-33-30)39-17-10-5-4-9-16-29(36)35-40-31(37)23-13-7-6-8-14-23/h1,6-8,11-15,18-21H,4-5,9-10,16-17H2,2H3,(H,35,36)(H,32,33,34). The summed E-state index contributed by atoms with van der Waals surface area (Å²) in [5.74, 6) is 3.49. The van der Waals surface area contributed by atoms with Crippen molar-refractivity contribution in [1.82, 2.24) is 15.4 Å². The maximum absolute atomic E-state index is 12.0. The minimum absolute atomic E-state index is 0.265. The van der Waals surface area contributed by atoms with E-state index < -0.39 is 5.97 Å². The van der Waals surface area contributed by atoms with Crippen molar-refractivity contribution in [2.45, 2.75) is 32.1 Å². The van der Waals surface area contributed by atoms with Crippen LogP contribution in [0.15, 0.2) is 73.1 Å². The molecule has 1 amide bonds. The van der Waals surface area contributed by atoms with Crippen LogP contribution in [0.5, 0.6) is 11.5 Å². The third kappa shape index (κ3) is 7.71. The van der Waals surface area contributed by atoms with Crippen LogP contribution in [0.4, 0.5) is 11.5 Å². The molecule has 0 saturated carbocycles. The Bertz CT molecular complexity index is 1500. The Morgan fingerprint density at radius 2 is 1.75 bits per heavy atom. The molecule has 4 rings (SSSR count). The van der Waals surface area contributed by atoms with Crippen LogP contribution in [0.2, 0.25) is 0 Å². The van der Waals surface area contributed by atoms with Crippen molar-refractivity contribution >= 4 is 34.3 Å². The second-order valence-corrected chi connectivity index (χ2v) is 8.89. The molecule has 9 heteroatoms. The summed E-state index contributed by atoms with van der Waals surface area (Å²) in [6.45, 7) is 0.476. The zero-order valence-electron chi connectivity index (χ0n) is 22.2. The maximum Gasteiger partial charge on any atom is 0.362 e. The number of nitrogens with zero attached hydrogens (tertiary/aromatic N) is 2. The quantitative estimate of drug-likeness (QED) is 0.137. The Balaban J connectivity index is 1.24. The molecule has 0 aliphatic rings. The minimum atomic E-state index is -0.595. The molecule has 1 aromatic heterocycles. The van der Waals surface area contributed by atoms with Crippen LogP contribution >= 0.6 is 0 Å². The molecule has 9 nitrogen and oxygen atoms in total. The van der Waals surface area contributed by atoms with Crippen molar-refractivity contribution in [2.24, 2.45) is 0 Å². The lowest BCUT2D eigenvalue weighted by atomic mass is 10.1. The molecular weight excluding hydrogens is 508 g/mol. The van der Waals surface area contributed by atoms with Gasteiger partial charge in [-0.3, -0.25) is 4.79 Å². The lowest BCUT2D eigenvalue weighted by molar-refractivity contribution is -0.130. The van der Waals surface area contributed by atoms with E-state index in [2.05, 4.69) is 26.7 Å². The first-order valence-corrected chi connectivity index (χ1v) is 12.9. The highest BCUT2D eigenvalue weighted by atomic mass is 16.7. The molecule has 0 unspecified atom stereocenters. The van der Waals surface area contributed by atoms with Gasteiger partial charge in [0.1, 0.15) is 12.1 Å². The topological polar surface area (TPSA) is 112 Å². The van der Waals surface area contributed by atoms with Gasteiger partial charge < -0.3 is 19.6 Å². The van der Waals surface area contributed by atoms with Gasteiger partial charge >= 0.3 is 5.97 Å². The molecule has 0 saturated heterocycles. The lowest BCUT2D eigenvalue weighted by Gasteiger charge is -2.14. The van der Waals surface area contributed by atoms with E-state index in [9.17, 15) is 9.59 Å². The number of hydrogen-bond donors (Lipinski definition) is 2. The number of carbonyl (C=O) groups excluding carboxylic acids is 2. The number of fused-ring (bicyclic) bond motifs is 1. The van der Waals surface area contributed by atoms with Crippen LogP contribution in [0.1, 0.15) is 48.0 Å². The average molecular weight is 539 g/mol. The highest BCUT2D eigenvalue weighted by molar-refractivity contribution is 5.93. The summed E-state index contributed by atoms with van der Waals surface area (Å²) in [5, 5.41) is 4.09.